The molecule has 0 radical (unpaired) electrons. The number of anilines is 1. The van der Waals surface area contributed by atoms with Gasteiger partial charge in [-0.25, -0.2) is 0 Å². The monoisotopic (exact) mass is 416 g/mol. The summed E-state index contributed by atoms with van der Waals surface area (Å²) in [5.41, 5.74) is 6.13. The molecular formula is C26H28N2O3. The van der Waals surface area contributed by atoms with Gasteiger partial charge in [-0.1, -0.05) is 56.3 Å². The van der Waals surface area contributed by atoms with Crippen molar-refractivity contribution in [2.24, 2.45) is 4.99 Å². The first kappa shape index (κ1) is 20.8. The van der Waals surface area contributed by atoms with E-state index in [0.29, 0.717) is 30.6 Å². The Balaban J connectivity index is 1.78. The highest BCUT2D eigenvalue weighted by atomic mass is 16.5. The van der Waals surface area contributed by atoms with Gasteiger partial charge in [-0.05, 0) is 23.6 Å². The number of rotatable bonds is 6. The molecule has 1 aliphatic heterocycles. The van der Waals surface area contributed by atoms with Gasteiger partial charge in [0.1, 0.15) is 12.4 Å². The minimum absolute atomic E-state index is 0.281. The van der Waals surface area contributed by atoms with E-state index in [1.807, 2.05) is 30.3 Å². The van der Waals surface area contributed by atoms with Crippen LogP contribution in [0.3, 0.4) is 0 Å². The second-order valence-corrected chi connectivity index (χ2v) is 7.98. The van der Waals surface area contributed by atoms with Crippen LogP contribution in [0, 0.1) is 0 Å². The number of hydrogen-bond donors (Lipinski definition) is 1. The number of aromatic hydroxyl groups is 1. The van der Waals surface area contributed by atoms with Crippen molar-refractivity contribution in [1.29, 1.82) is 0 Å². The lowest BCUT2D eigenvalue weighted by Gasteiger charge is -2.31. The van der Waals surface area contributed by atoms with Gasteiger partial charge in [-0.15, -0.1) is 0 Å². The van der Waals surface area contributed by atoms with Gasteiger partial charge in [-0.3, -0.25) is 4.99 Å². The Hall–Kier alpha value is -3.47. The van der Waals surface area contributed by atoms with Crippen molar-refractivity contribution in [2.75, 3.05) is 25.8 Å². The number of phenols is 1. The van der Waals surface area contributed by atoms with Crippen LogP contribution in [0.2, 0.25) is 0 Å². The molecule has 0 aromatic heterocycles. The summed E-state index contributed by atoms with van der Waals surface area (Å²) in [5, 5.41) is 10.3. The Labute approximate surface area is 183 Å². The van der Waals surface area contributed by atoms with Crippen molar-refractivity contribution in [1.82, 2.24) is 0 Å². The minimum Gasteiger partial charge on any atom is -0.508 e. The summed E-state index contributed by atoms with van der Waals surface area (Å²) >= 11 is 0. The quantitative estimate of drug-likeness (QED) is 0.589. The van der Waals surface area contributed by atoms with Gasteiger partial charge in [0.05, 0.1) is 25.6 Å². The molecular weight excluding hydrogens is 388 g/mol. The van der Waals surface area contributed by atoms with Crippen molar-refractivity contribution < 1.29 is 14.6 Å². The number of aliphatic imine (C=N–C) groups is 1. The Morgan fingerprint density at radius 3 is 2.29 bits per heavy atom. The van der Waals surface area contributed by atoms with E-state index in [0.717, 1.165) is 28.1 Å². The first-order chi connectivity index (χ1) is 15.0. The van der Waals surface area contributed by atoms with Crippen molar-refractivity contribution in [3.8, 4) is 17.2 Å². The summed E-state index contributed by atoms with van der Waals surface area (Å²) in [5.74, 6) is 2.09. The Bertz CT molecular complexity index is 1100. The Kier molecular flexibility index (Phi) is 5.85. The fourth-order valence-electron chi connectivity index (χ4n) is 3.89. The zero-order valence-electron chi connectivity index (χ0n) is 18.4. The average Bonchev–Trinajstić information content (AvgIpc) is 2.79. The van der Waals surface area contributed by atoms with E-state index in [1.54, 1.807) is 20.3 Å². The number of phenolic OH excluding ortho intramolecular Hbond substituents is 1. The summed E-state index contributed by atoms with van der Waals surface area (Å²) in [6.07, 6.45) is 0. The summed E-state index contributed by atoms with van der Waals surface area (Å²) in [6.45, 7) is 5.41. The third-order valence-corrected chi connectivity index (χ3v) is 5.70. The number of methoxy groups -OCH3 is 2. The molecule has 0 unspecified atom stereocenters. The van der Waals surface area contributed by atoms with Crippen molar-refractivity contribution in [3.05, 3.63) is 82.9 Å². The van der Waals surface area contributed by atoms with E-state index in [1.165, 1.54) is 5.56 Å². The van der Waals surface area contributed by atoms with Gasteiger partial charge in [0.25, 0.3) is 0 Å². The van der Waals surface area contributed by atoms with Crippen LogP contribution in [0.1, 0.15) is 42.0 Å². The Morgan fingerprint density at radius 1 is 0.968 bits per heavy atom. The van der Waals surface area contributed by atoms with Gasteiger partial charge < -0.3 is 19.5 Å². The maximum Gasteiger partial charge on any atom is 0.162 e. The van der Waals surface area contributed by atoms with E-state index in [-0.39, 0.29) is 5.75 Å². The van der Waals surface area contributed by atoms with Gasteiger partial charge in [0.2, 0.25) is 0 Å². The summed E-state index contributed by atoms with van der Waals surface area (Å²) in [4.78, 5) is 7.06. The smallest absolute Gasteiger partial charge is 0.162 e. The molecule has 5 heteroatoms. The topological polar surface area (TPSA) is 54.3 Å². The lowest BCUT2D eigenvalue weighted by molar-refractivity contribution is 0.355. The fourth-order valence-corrected chi connectivity index (χ4v) is 3.89. The lowest BCUT2D eigenvalue weighted by Crippen LogP contribution is -2.30. The van der Waals surface area contributed by atoms with E-state index < -0.39 is 0 Å². The van der Waals surface area contributed by atoms with Gasteiger partial charge in [0.15, 0.2) is 11.5 Å². The van der Waals surface area contributed by atoms with Crippen molar-refractivity contribution in [2.45, 2.75) is 26.3 Å². The molecule has 0 saturated heterocycles. The van der Waals surface area contributed by atoms with Gasteiger partial charge >= 0.3 is 0 Å². The van der Waals surface area contributed by atoms with Gasteiger partial charge in [-0.2, -0.15) is 0 Å². The predicted octanol–water partition coefficient (Wildman–Crippen LogP) is 5.35. The number of benzene rings is 3. The molecule has 3 aromatic rings. The van der Waals surface area contributed by atoms with Crippen molar-refractivity contribution >= 4 is 11.4 Å². The van der Waals surface area contributed by atoms with Crippen molar-refractivity contribution in [3.63, 3.8) is 0 Å². The molecule has 0 fully saturated rings. The fraction of sp³-hybridized carbons (Fsp3) is 0.269. The predicted molar refractivity (Wildman–Crippen MR) is 125 cm³/mol. The summed E-state index contributed by atoms with van der Waals surface area (Å²) in [6, 6.07) is 20.0. The molecule has 0 bridgehead atoms. The first-order valence-electron chi connectivity index (χ1n) is 10.4. The van der Waals surface area contributed by atoms with E-state index in [9.17, 15) is 5.11 Å². The Morgan fingerprint density at radius 2 is 1.65 bits per heavy atom. The third kappa shape index (κ3) is 4.08. The third-order valence-electron chi connectivity index (χ3n) is 5.70. The molecule has 31 heavy (non-hydrogen) atoms. The summed E-state index contributed by atoms with van der Waals surface area (Å²) in [7, 11) is 3.28. The standard InChI is InChI=1S/C26H28N2O3/c1-17(2)18-9-11-19(12-10-18)26-21-13-24(30-3)25(31-4)14-22(21)28(16-27-26)15-20-7-5-6-8-23(20)29/h5-14,17,29H,15-16H2,1-4H3. The highest BCUT2D eigenvalue weighted by Crippen LogP contribution is 2.39. The average molecular weight is 417 g/mol. The molecule has 1 aliphatic rings. The zero-order valence-corrected chi connectivity index (χ0v) is 18.4. The number of ether oxygens (including phenoxy) is 2. The van der Waals surface area contributed by atoms with Crippen LogP contribution >= 0.6 is 0 Å². The molecule has 1 N–H and O–H groups in total. The molecule has 1 heterocycles. The highest BCUT2D eigenvalue weighted by molar-refractivity contribution is 6.17. The molecule has 0 saturated carbocycles. The van der Waals surface area contributed by atoms with Crippen LogP contribution in [-0.4, -0.2) is 31.7 Å². The number of para-hydroxylation sites is 1. The van der Waals surface area contributed by atoms with Crippen LogP contribution in [0.5, 0.6) is 17.2 Å². The largest absolute Gasteiger partial charge is 0.508 e. The molecule has 3 aromatic carbocycles. The molecule has 160 valence electrons. The summed E-state index contributed by atoms with van der Waals surface area (Å²) < 4.78 is 11.1. The van der Waals surface area contributed by atoms with Crippen LogP contribution < -0.4 is 14.4 Å². The molecule has 0 aliphatic carbocycles. The second-order valence-electron chi connectivity index (χ2n) is 7.98. The first-order valence-corrected chi connectivity index (χ1v) is 10.4. The maximum atomic E-state index is 10.3. The number of fused-ring (bicyclic) bond motifs is 1. The zero-order chi connectivity index (χ0) is 22.0. The minimum atomic E-state index is 0.281. The van der Waals surface area contributed by atoms with Crippen LogP contribution in [0.4, 0.5) is 5.69 Å². The maximum absolute atomic E-state index is 10.3. The van der Waals surface area contributed by atoms with Crippen LogP contribution in [0.25, 0.3) is 0 Å². The number of nitrogens with zero attached hydrogens (tertiary/aromatic N) is 2. The van der Waals surface area contributed by atoms with Crippen LogP contribution in [0.15, 0.2) is 65.7 Å². The van der Waals surface area contributed by atoms with E-state index >= 15 is 0 Å². The molecule has 0 atom stereocenters. The SMILES string of the molecule is COc1cc2c(cc1OC)N(Cc1ccccc1O)CN=C2c1ccc(C(C)C)cc1. The molecule has 4 rings (SSSR count). The normalized spacial score (nSPS) is 13.1. The second kappa shape index (κ2) is 8.72. The van der Waals surface area contributed by atoms with Crippen LogP contribution in [-0.2, 0) is 6.54 Å². The molecule has 0 spiro atoms. The highest BCUT2D eigenvalue weighted by Gasteiger charge is 2.25. The number of hydrogen-bond acceptors (Lipinski definition) is 5. The van der Waals surface area contributed by atoms with E-state index in [4.69, 9.17) is 14.5 Å². The molecule has 5 nitrogen and oxygen atoms in total. The van der Waals surface area contributed by atoms with Gasteiger partial charge in [0, 0.05) is 29.3 Å². The van der Waals surface area contributed by atoms with E-state index in [2.05, 4.69) is 43.0 Å². The lowest BCUT2D eigenvalue weighted by atomic mass is 9.95. The molecule has 0 amide bonds.